The van der Waals surface area contributed by atoms with Crippen LogP contribution in [0.5, 0.6) is 0 Å². The molecule has 2 aromatic carbocycles. The molecule has 2 rings (SSSR count). The summed E-state index contributed by atoms with van der Waals surface area (Å²) in [5.41, 5.74) is 1.56. The zero-order chi connectivity index (χ0) is 17.0. The Morgan fingerprint density at radius 1 is 1.04 bits per heavy atom. The van der Waals surface area contributed by atoms with Gasteiger partial charge in [0, 0.05) is 0 Å². The van der Waals surface area contributed by atoms with Crippen LogP contribution in [0.25, 0.3) is 0 Å². The number of benzene rings is 2. The summed E-state index contributed by atoms with van der Waals surface area (Å²) in [6.45, 7) is 3.35. The molecule has 1 unspecified atom stereocenters. The van der Waals surface area contributed by atoms with Crippen molar-refractivity contribution >= 4 is 16.0 Å². The first kappa shape index (κ1) is 17.2. The third-order valence-corrected chi connectivity index (χ3v) is 5.12. The highest BCUT2D eigenvalue weighted by Gasteiger charge is 2.29. The van der Waals surface area contributed by atoms with E-state index in [2.05, 4.69) is 4.72 Å². The number of hydrogen-bond donors (Lipinski definition) is 2. The van der Waals surface area contributed by atoms with E-state index >= 15 is 0 Å². The van der Waals surface area contributed by atoms with Crippen LogP contribution in [0.1, 0.15) is 24.1 Å². The number of carboxylic acids is 1. The quantitative estimate of drug-likeness (QED) is 0.851. The lowest BCUT2D eigenvalue weighted by molar-refractivity contribution is -0.142. The third kappa shape index (κ3) is 4.18. The second-order valence-electron chi connectivity index (χ2n) is 5.45. The standard InChI is InChI=1S/C17H19NO4S/c1-12-8-10-15(11-9-12)23(21,22)18-16(13(2)17(19)20)14-6-4-3-5-7-14/h3-11,13,16,18H,1-2H3,(H,19,20)/t13-,16?/m1/s1. The molecule has 0 heterocycles. The van der Waals surface area contributed by atoms with Gasteiger partial charge in [0.15, 0.2) is 0 Å². The predicted octanol–water partition coefficient (Wildman–Crippen LogP) is 2.74. The number of rotatable bonds is 6. The van der Waals surface area contributed by atoms with Gasteiger partial charge in [-0.05, 0) is 24.6 Å². The molecule has 0 saturated heterocycles. The van der Waals surface area contributed by atoms with E-state index in [0.29, 0.717) is 5.56 Å². The number of hydrogen-bond acceptors (Lipinski definition) is 3. The van der Waals surface area contributed by atoms with Crippen molar-refractivity contribution < 1.29 is 18.3 Å². The maximum Gasteiger partial charge on any atom is 0.308 e. The molecule has 2 aromatic rings. The SMILES string of the molecule is Cc1ccc(S(=O)(=O)NC(c2ccccc2)[C@@H](C)C(=O)O)cc1. The Balaban J connectivity index is 2.37. The average Bonchev–Trinajstić information content (AvgIpc) is 2.53. The fourth-order valence-corrected chi connectivity index (χ4v) is 3.52. The van der Waals surface area contributed by atoms with E-state index in [4.69, 9.17) is 0 Å². The summed E-state index contributed by atoms with van der Waals surface area (Å²) in [7, 11) is -3.82. The van der Waals surface area contributed by atoms with Gasteiger partial charge < -0.3 is 5.11 Å². The lowest BCUT2D eigenvalue weighted by Gasteiger charge is -2.23. The number of sulfonamides is 1. The van der Waals surface area contributed by atoms with E-state index in [0.717, 1.165) is 5.56 Å². The van der Waals surface area contributed by atoms with Crippen molar-refractivity contribution in [3.8, 4) is 0 Å². The molecule has 2 N–H and O–H groups in total. The molecule has 0 aliphatic carbocycles. The Labute approximate surface area is 136 Å². The minimum absolute atomic E-state index is 0.113. The maximum atomic E-state index is 12.6. The molecule has 0 amide bonds. The van der Waals surface area contributed by atoms with Crippen LogP contribution in [0.2, 0.25) is 0 Å². The highest BCUT2D eigenvalue weighted by atomic mass is 32.2. The Hall–Kier alpha value is -2.18. The second-order valence-corrected chi connectivity index (χ2v) is 7.16. The first-order valence-electron chi connectivity index (χ1n) is 7.18. The second kappa shape index (κ2) is 6.93. The van der Waals surface area contributed by atoms with Gasteiger partial charge in [0.1, 0.15) is 0 Å². The minimum Gasteiger partial charge on any atom is -0.481 e. The van der Waals surface area contributed by atoms with Gasteiger partial charge in [-0.15, -0.1) is 0 Å². The third-order valence-electron chi connectivity index (χ3n) is 3.66. The highest BCUT2D eigenvalue weighted by Crippen LogP contribution is 2.25. The Kier molecular flexibility index (Phi) is 5.18. The van der Waals surface area contributed by atoms with Crippen molar-refractivity contribution in [3.05, 3.63) is 65.7 Å². The van der Waals surface area contributed by atoms with Crippen molar-refractivity contribution in [1.29, 1.82) is 0 Å². The number of carbonyl (C=O) groups is 1. The van der Waals surface area contributed by atoms with Gasteiger partial charge in [-0.2, -0.15) is 0 Å². The molecule has 0 aromatic heterocycles. The topological polar surface area (TPSA) is 83.5 Å². The monoisotopic (exact) mass is 333 g/mol. The van der Waals surface area contributed by atoms with Gasteiger partial charge in [0.25, 0.3) is 0 Å². The fraction of sp³-hybridized carbons (Fsp3) is 0.235. The van der Waals surface area contributed by atoms with E-state index in [1.165, 1.54) is 19.1 Å². The van der Waals surface area contributed by atoms with E-state index in [1.807, 2.05) is 6.92 Å². The van der Waals surface area contributed by atoms with Crippen LogP contribution >= 0.6 is 0 Å². The Morgan fingerprint density at radius 3 is 2.13 bits per heavy atom. The molecular formula is C17H19NO4S. The Morgan fingerprint density at radius 2 is 1.61 bits per heavy atom. The van der Waals surface area contributed by atoms with Crippen LogP contribution in [-0.4, -0.2) is 19.5 Å². The van der Waals surface area contributed by atoms with Crippen LogP contribution < -0.4 is 4.72 Å². The number of aryl methyl sites for hydroxylation is 1. The van der Waals surface area contributed by atoms with Crippen LogP contribution in [-0.2, 0) is 14.8 Å². The smallest absolute Gasteiger partial charge is 0.308 e. The zero-order valence-electron chi connectivity index (χ0n) is 12.9. The number of aliphatic carboxylic acids is 1. The normalized spacial score (nSPS) is 14.2. The Bertz CT molecular complexity index is 770. The molecular weight excluding hydrogens is 314 g/mol. The molecule has 0 aliphatic rings. The molecule has 0 bridgehead atoms. The molecule has 2 atom stereocenters. The maximum absolute atomic E-state index is 12.6. The first-order valence-corrected chi connectivity index (χ1v) is 8.66. The van der Waals surface area contributed by atoms with Gasteiger partial charge in [-0.1, -0.05) is 55.0 Å². The molecule has 0 saturated carbocycles. The summed E-state index contributed by atoms with van der Waals surface area (Å²) in [6, 6.07) is 14.3. The minimum atomic E-state index is -3.82. The van der Waals surface area contributed by atoms with Crippen molar-refractivity contribution in [2.45, 2.75) is 24.8 Å². The van der Waals surface area contributed by atoms with Crippen LogP contribution in [0.4, 0.5) is 0 Å². The molecule has 23 heavy (non-hydrogen) atoms. The lowest BCUT2D eigenvalue weighted by Crippen LogP contribution is -2.35. The van der Waals surface area contributed by atoms with Gasteiger partial charge in [0.05, 0.1) is 16.9 Å². The molecule has 0 spiro atoms. The van der Waals surface area contributed by atoms with Crippen molar-refractivity contribution in [2.24, 2.45) is 5.92 Å². The summed E-state index contributed by atoms with van der Waals surface area (Å²) in [4.78, 5) is 11.5. The summed E-state index contributed by atoms with van der Waals surface area (Å²) in [5.74, 6) is -1.97. The van der Waals surface area contributed by atoms with Crippen LogP contribution in [0.3, 0.4) is 0 Å². The van der Waals surface area contributed by atoms with Gasteiger partial charge in [-0.3, -0.25) is 4.79 Å². The number of carboxylic acid groups (broad SMARTS) is 1. The van der Waals surface area contributed by atoms with E-state index in [1.54, 1.807) is 42.5 Å². The lowest BCUT2D eigenvalue weighted by atomic mass is 9.96. The summed E-state index contributed by atoms with van der Waals surface area (Å²) >= 11 is 0. The van der Waals surface area contributed by atoms with Gasteiger partial charge in [0.2, 0.25) is 10.0 Å². The fourth-order valence-electron chi connectivity index (χ4n) is 2.21. The van der Waals surface area contributed by atoms with Crippen molar-refractivity contribution in [2.75, 3.05) is 0 Å². The predicted molar refractivity (Wildman–Crippen MR) is 87.5 cm³/mol. The van der Waals surface area contributed by atoms with Crippen molar-refractivity contribution in [3.63, 3.8) is 0 Å². The van der Waals surface area contributed by atoms with Crippen LogP contribution in [0, 0.1) is 12.8 Å². The molecule has 0 fully saturated rings. The summed E-state index contributed by atoms with van der Waals surface area (Å²) < 4.78 is 27.6. The molecule has 5 nitrogen and oxygen atoms in total. The van der Waals surface area contributed by atoms with E-state index in [9.17, 15) is 18.3 Å². The largest absolute Gasteiger partial charge is 0.481 e. The van der Waals surface area contributed by atoms with Crippen molar-refractivity contribution in [1.82, 2.24) is 4.72 Å². The zero-order valence-corrected chi connectivity index (χ0v) is 13.7. The molecule has 122 valence electrons. The van der Waals surface area contributed by atoms with E-state index in [-0.39, 0.29) is 4.90 Å². The summed E-state index contributed by atoms with van der Waals surface area (Å²) in [6.07, 6.45) is 0. The number of nitrogens with one attached hydrogen (secondary N) is 1. The summed E-state index contributed by atoms with van der Waals surface area (Å²) in [5, 5.41) is 9.28. The van der Waals surface area contributed by atoms with Gasteiger partial charge >= 0.3 is 5.97 Å². The first-order chi connectivity index (χ1) is 10.8. The molecule has 0 radical (unpaired) electrons. The highest BCUT2D eigenvalue weighted by molar-refractivity contribution is 7.89. The molecule has 0 aliphatic heterocycles. The molecule has 6 heteroatoms. The van der Waals surface area contributed by atoms with Crippen LogP contribution in [0.15, 0.2) is 59.5 Å². The average molecular weight is 333 g/mol. The van der Waals surface area contributed by atoms with Gasteiger partial charge in [-0.25, -0.2) is 13.1 Å². The van der Waals surface area contributed by atoms with E-state index < -0.39 is 28.0 Å².